The largest absolute Gasteiger partial charge is 0.488 e. The summed E-state index contributed by atoms with van der Waals surface area (Å²) in [5.41, 5.74) is 6.78. The fourth-order valence-corrected chi connectivity index (χ4v) is 4.03. The lowest BCUT2D eigenvalue weighted by Gasteiger charge is -2.10. The Morgan fingerprint density at radius 2 is 1.77 bits per heavy atom. The van der Waals surface area contributed by atoms with Crippen LogP contribution in [-0.4, -0.2) is 18.0 Å². The first-order valence-electron chi connectivity index (χ1n) is 10.8. The number of rotatable bonds is 9. The lowest BCUT2D eigenvalue weighted by molar-refractivity contribution is -0.124. The monoisotopic (exact) mass is 575 g/mol. The molecule has 0 saturated heterocycles. The summed E-state index contributed by atoms with van der Waals surface area (Å²) >= 11 is 15.6. The van der Waals surface area contributed by atoms with Crippen LogP contribution in [0.15, 0.2) is 64.2 Å². The van der Waals surface area contributed by atoms with E-state index in [1.807, 2.05) is 44.2 Å². The van der Waals surface area contributed by atoms with Gasteiger partial charge in [0.25, 0.3) is 0 Å². The van der Waals surface area contributed by atoms with Crippen molar-refractivity contribution >= 4 is 62.8 Å². The van der Waals surface area contributed by atoms with E-state index >= 15 is 0 Å². The zero-order valence-electron chi connectivity index (χ0n) is 19.2. The smallest absolute Gasteiger partial charge is 0.240 e. The highest BCUT2D eigenvalue weighted by molar-refractivity contribution is 9.10. The van der Waals surface area contributed by atoms with Gasteiger partial charge >= 0.3 is 0 Å². The summed E-state index contributed by atoms with van der Waals surface area (Å²) in [5.74, 6) is 0.0560. The lowest BCUT2D eigenvalue weighted by atomic mass is 10.1. The summed E-state index contributed by atoms with van der Waals surface area (Å²) in [6.07, 6.45) is 1.60. The molecule has 0 spiro atoms. The van der Waals surface area contributed by atoms with Crippen LogP contribution in [-0.2, 0) is 16.2 Å². The summed E-state index contributed by atoms with van der Waals surface area (Å²) < 4.78 is 6.55. The minimum atomic E-state index is -0.351. The van der Waals surface area contributed by atoms with Crippen LogP contribution in [0.3, 0.4) is 0 Å². The van der Waals surface area contributed by atoms with E-state index in [0.717, 1.165) is 32.4 Å². The molecule has 3 aromatic carbocycles. The van der Waals surface area contributed by atoms with Gasteiger partial charge in [-0.3, -0.25) is 9.59 Å². The van der Waals surface area contributed by atoms with Crippen LogP contribution in [0.1, 0.15) is 35.1 Å². The topological polar surface area (TPSA) is 79.8 Å². The molecule has 35 heavy (non-hydrogen) atoms. The summed E-state index contributed by atoms with van der Waals surface area (Å²) in [5, 5.41) is 7.91. The van der Waals surface area contributed by atoms with Crippen molar-refractivity contribution in [2.24, 2.45) is 5.10 Å². The van der Waals surface area contributed by atoms with Gasteiger partial charge in [0.1, 0.15) is 12.4 Å². The van der Waals surface area contributed by atoms with Gasteiger partial charge in [-0.1, -0.05) is 41.4 Å². The molecule has 0 saturated carbocycles. The average Bonchev–Trinajstić information content (AvgIpc) is 2.80. The molecule has 0 heterocycles. The normalized spacial score (nSPS) is 10.9. The molecule has 9 heteroatoms. The molecular weight excluding hydrogens is 553 g/mol. The maximum Gasteiger partial charge on any atom is 0.240 e. The first-order chi connectivity index (χ1) is 16.7. The van der Waals surface area contributed by atoms with Gasteiger partial charge in [-0.05, 0) is 82.9 Å². The van der Waals surface area contributed by atoms with Crippen molar-refractivity contribution in [3.63, 3.8) is 0 Å². The molecule has 3 rings (SSSR count). The zero-order chi connectivity index (χ0) is 25.4. The molecule has 2 amide bonds. The second-order valence-corrected chi connectivity index (χ2v) is 9.57. The van der Waals surface area contributed by atoms with Gasteiger partial charge in [0, 0.05) is 34.1 Å². The van der Waals surface area contributed by atoms with E-state index in [-0.39, 0.29) is 31.3 Å². The molecule has 6 nitrogen and oxygen atoms in total. The van der Waals surface area contributed by atoms with Crippen molar-refractivity contribution in [3.8, 4) is 5.75 Å². The van der Waals surface area contributed by atoms with E-state index in [1.54, 1.807) is 24.3 Å². The second-order valence-electron chi connectivity index (χ2n) is 7.87. The molecule has 2 N–H and O–H groups in total. The van der Waals surface area contributed by atoms with Crippen molar-refractivity contribution in [2.75, 3.05) is 5.32 Å². The number of hydrogen-bond acceptors (Lipinski definition) is 4. The van der Waals surface area contributed by atoms with Gasteiger partial charge in [0.2, 0.25) is 11.8 Å². The number of hydrazone groups is 1. The number of aryl methyl sites for hydroxylation is 2. The van der Waals surface area contributed by atoms with Crippen LogP contribution in [0.4, 0.5) is 5.69 Å². The number of amides is 2. The Morgan fingerprint density at radius 3 is 2.51 bits per heavy atom. The molecule has 0 bridgehead atoms. The average molecular weight is 577 g/mol. The molecule has 0 atom stereocenters. The number of halogens is 3. The Labute approximate surface area is 222 Å². The minimum absolute atomic E-state index is 0.0256. The Kier molecular flexibility index (Phi) is 9.72. The number of hydrogen-bond donors (Lipinski definition) is 2. The van der Waals surface area contributed by atoms with E-state index in [4.69, 9.17) is 27.9 Å². The van der Waals surface area contributed by atoms with Gasteiger partial charge in [0.15, 0.2) is 0 Å². The van der Waals surface area contributed by atoms with Gasteiger partial charge in [-0.25, -0.2) is 5.43 Å². The number of nitrogens with zero attached hydrogens (tertiary/aromatic N) is 1. The van der Waals surface area contributed by atoms with Crippen LogP contribution in [0, 0.1) is 13.8 Å². The summed E-state index contributed by atoms with van der Waals surface area (Å²) in [7, 11) is 0. The highest BCUT2D eigenvalue weighted by Crippen LogP contribution is 2.28. The van der Waals surface area contributed by atoms with E-state index in [0.29, 0.717) is 15.8 Å². The van der Waals surface area contributed by atoms with Gasteiger partial charge in [0.05, 0.1) is 10.7 Å². The first kappa shape index (κ1) is 26.7. The van der Waals surface area contributed by atoms with E-state index in [2.05, 4.69) is 31.8 Å². The van der Waals surface area contributed by atoms with Gasteiger partial charge in [-0.2, -0.15) is 5.10 Å². The van der Waals surface area contributed by atoms with Crippen molar-refractivity contribution in [3.05, 3.63) is 91.4 Å². The maximum absolute atomic E-state index is 12.2. The number of ether oxygens (including phenoxy) is 1. The van der Waals surface area contributed by atoms with E-state index in [1.165, 1.54) is 6.21 Å². The second kappa shape index (κ2) is 12.7. The van der Waals surface area contributed by atoms with Crippen LogP contribution >= 0.6 is 39.1 Å². The van der Waals surface area contributed by atoms with Crippen molar-refractivity contribution in [2.45, 2.75) is 33.3 Å². The summed E-state index contributed by atoms with van der Waals surface area (Å²) in [6.45, 7) is 4.16. The molecule has 0 radical (unpaired) electrons. The van der Waals surface area contributed by atoms with Crippen molar-refractivity contribution in [1.82, 2.24) is 5.43 Å². The van der Waals surface area contributed by atoms with Crippen molar-refractivity contribution < 1.29 is 14.3 Å². The first-order valence-corrected chi connectivity index (χ1v) is 12.3. The molecule has 182 valence electrons. The molecule has 3 aromatic rings. The predicted molar refractivity (Wildman–Crippen MR) is 144 cm³/mol. The Bertz CT molecular complexity index is 1260. The summed E-state index contributed by atoms with van der Waals surface area (Å²) in [4.78, 5) is 24.2. The molecule has 0 aliphatic rings. The number of carbonyl (C=O) groups is 2. The molecule has 0 aliphatic carbocycles. The van der Waals surface area contributed by atoms with Gasteiger partial charge in [-0.15, -0.1) is 0 Å². The fourth-order valence-electron chi connectivity index (χ4n) is 3.05. The van der Waals surface area contributed by atoms with Crippen molar-refractivity contribution in [1.29, 1.82) is 0 Å². The quantitative estimate of drug-likeness (QED) is 0.217. The third-order valence-corrected chi connectivity index (χ3v) is 6.21. The number of nitrogens with one attached hydrogen (secondary N) is 2. The Morgan fingerprint density at radius 1 is 1.00 bits per heavy atom. The van der Waals surface area contributed by atoms with Crippen LogP contribution in [0.5, 0.6) is 5.75 Å². The van der Waals surface area contributed by atoms with Crippen LogP contribution in [0.25, 0.3) is 0 Å². The molecule has 0 fully saturated rings. The Balaban J connectivity index is 1.45. The molecule has 0 unspecified atom stereocenters. The SMILES string of the molecule is Cc1ccc(C)c(NC(=O)CCC(=O)NN=Cc2ccc(OCc3ccc(Cl)cc3Cl)c(Br)c2)c1. The maximum atomic E-state index is 12.2. The number of benzene rings is 3. The third kappa shape index (κ3) is 8.38. The van der Waals surface area contributed by atoms with E-state index < -0.39 is 0 Å². The van der Waals surface area contributed by atoms with E-state index in [9.17, 15) is 9.59 Å². The fraction of sp³-hybridized carbons (Fsp3) is 0.192. The van der Waals surface area contributed by atoms with Crippen LogP contribution in [0.2, 0.25) is 10.0 Å². The third-order valence-electron chi connectivity index (χ3n) is 5.00. The zero-order valence-corrected chi connectivity index (χ0v) is 22.3. The molecular formula is C26H24BrCl2N3O3. The van der Waals surface area contributed by atoms with Gasteiger partial charge < -0.3 is 10.1 Å². The Hall–Kier alpha value is -2.87. The number of carbonyl (C=O) groups excluding carboxylic acids is 2. The number of anilines is 1. The lowest BCUT2D eigenvalue weighted by Crippen LogP contribution is -2.20. The predicted octanol–water partition coefficient (Wildman–Crippen LogP) is 6.82. The minimum Gasteiger partial charge on any atom is -0.488 e. The van der Waals surface area contributed by atoms with Crippen LogP contribution < -0.4 is 15.5 Å². The highest BCUT2D eigenvalue weighted by atomic mass is 79.9. The molecule has 0 aliphatic heterocycles. The standard InChI is InChI=1S/C26H24BrCl2N3O3/c1-16-3-4-17(2)23(11-16)31-25(33)9-10-26(34)32-30-14-18-5-8-24(21(27)12-18)35-15-19-6-7-20(28)13-22(19)29/h3-8,11-14H,9-10,15H2,1-2H3,(H,31,33)(H,32,34). The highest BCUT2D eigenvalue weighted by Gasteiger charge is 2.09. The summed E-state index contributed by atoms with van der Waals surface area (Å²) in [6, 6.07) is 16.5. The molecule has 0 aromatic heterocycles.